The first-order valence-corrected chi connectivity index (χ1v) is 8.31. The van der Waals surface area contributed by atoms with Gasteiger partial charge in [0.2, 0.25) is 6.54 Å². The molecule has 0 aromatic heterocycles. The summed E-state index contributed by atoms with van der Waals surface area (Å²) in [6.07, 6.45) is 6.99. The second-order valence-corrected chi connectivity index (χ2v) is 6.99. The van der Waals surface area contributed by atoms with Gasteiger partial charge < -0.3 is 4.74 Å². The van der Waals surface area contributed by atoms with E-state index in [0.29, 0.717) is 17.8 Å². The molecule has 0 amide bonds. The van der Waals surface area contributed by atoms with Gasteiger partial charge in [0, 0.05) is 11.3 Å². The molecule has 124 valence electrons. The van der Waals surface area contributed by atoms with E-state index in [1.54, 1.807) is 0 Å². The fourth-order valence-electron chi connectivity index (χ4n) is 4.46. The predicted octanol–water partition coefficient (Wildman–Crippen LogP) is 3.46. The lowest BCUT2D eigenvalue weighted by Gasteiger charge is -2.45. The third-order valence-electron chi connectivity index (χ3n) is 5.67. The smallest absolute Gasteiger partial charge is 0.309 e. The number of allylic oxidation sites excluding steroid dienone is 2. The molecule has 5 heteroatoms. The molecule has 2 aliphatic rings. The summed E-state index contributed by atoms with van der Waals surface area (Å²) in [4.78, 5) is 22.6. The lowest BCUT2D eigenvalue weighted by atomic mass is 9.59. The van der Waals surface area contributed by atoms with E-state index in [1.807, 2.05) is 0 Å². The lowest BCUT2D eigenvalue weighted by molar-refractivity contribution is -0.481. The summed E-state index contributed by atoms with van der Waals surface area (Å²) in [7, 11) is 1.38. The standard InChI is InChI=1S/C17H27NO4/c1-11-4-6-13-12(2)5-7-14(16(13)10-11)15(17(19)22-3)8-9-18(20)21/h10,12-16H,4-9H2,1-3H3/t12-,13+,14+,15?,16+/m1/s1. The third-order valence-corrected chi connectivity index (χ3v) is 5.67. The number of ether oxygens (including phenoxy) is 1. The summed E-state index contributed by atoms with van der Waals surface area (Å²) in [5, 5.41) is 10.7. The molecule has 1 saturated carbocycles. The maximum Gasteiger partial charge on any atom is 0.309 e. The van der Waals surface area contributed by atoms with Crippen molar-refractivity contribution in [3.63, 3.8) is 0 Å². The summed E-state index contributed by atoms with van der Waals surface area (Å²) in [6, 6.07) is 0. The Kier molecular flexibility index (Phi) is 5.59. The number of rotatable bonds is 5. The van der Waals surface area contributed by atoms with E-state index in [4.69, 9.17) is 4.74 Å². The van der Waals surface area contributed by atoms with Crippen molar-refractivity contribution >= 4 is 5.97 Å². The van der Waals surface area contributed by atoms with Gasteiger partial charge in [-0.25, -0.2) is 0 Å². The molecule has 5 nitrogen and oxygen atoms in total. The molecule has 5 atom stereocenters. The highest BCUT2D eigenvalue weighted by Crippen LogP contribution is 2.48. The summed E-state index contributed by atoms with van der Waals surface area (Å²) in [5.74, 6) is 1.19. The largest absolute Gasteiger partial charge is 0.469 e. The number of methoxy groups -OCH3 is 1. The molecule has 0 radical (unpaired) electrons. The summed E-state index contributed by atoms with van der Waals surface area (Å²) in [5.41, 5.74) is 1.39. The van der Waals surface area contributed by atoms with Gasteiger partial charge in [0.25, 0.3) is 0 Å². The monoisotopic (exact) mass is 309 g/mol. The Morgan fingerprint density at radius 1 is 1.45 bits per heavy atom. The molecule has 2 aliphatic carbocycles. The van der Waals surface area contributed by atoms with E-state index in [2.05, 4.69) is 19.9 Å². The van der Waals surface area contributed by atoms with Crippen LogP contribution in [0.3, 0.4) is 0 Å². The number of nitrogens with zero attached hydrogens (tertiary/aromatic N) is 1. The van der Waals surface area contributed by atoms with E-state index in [9.17, 15) is 14.9 Å². The van der Waals surface area contributed by atoms with Gasteiger partial charge in [-0.05, 0) is 49.9 Å². The SMILES string of the molecule is COC(=O)C(CC[N+](=O)[O-])[C@@H]1CC[C@@H](C)[C@@H]2CCC(C)=C[C@@H]21. The van der Waals surface area contributed by atoms with E-state index in [0.717, 1.165) is 19.3 Å². The van der Waals surface area contributed by atoms with Crippen LogP contribution in [0.4, 0.5) is 0 Å². The van der Waals surface area contributed by atoms with Crippen molar-refractivity contribution in [1.82, 2.24) is 0 Å². The maximum atomic E-state index is 12.2. The van der Waals surface area contributed by atoms with Crippen LogP contribution in [-0.4, -0.2) is 24.5 Å². The number of carbonyl (C=O) groups excluding carboxylic acids is 1. The number of nitro groups is 1. The number of hydrogen-bond donors (Lipinski definition) is 0. The zero-order valence-electron chi connectivity index (χ0n) is 13.8. The molecule has 0 heterocycles. The van der Waals surface area contributed by atoms with Crippen molar-refractivity contribution in [2.24, 2.45) is 29.6 Å². The Bertz CT molecular complexity index is 460. The topological polar surface area (TPSA) is 69.4 Å². The van der Waals surface area contributed by atoms with Gasteiger partial charge in [0.1, 0.15) is 0 Å². The van der Waals surface area contributed by atoms with Crippen molar-refractivity contribution < 1.29 is 14.5 Å². The summed E-state index contributed by atoms with van der Waals surface area (Å²) < 4.78 is 4.95. The minimum atomic E-state index is -0.349. The Morgan fingerprint density at radius 3 is 2.82 bits per heavy atom. The van der Waals surface area contributed by atoms with Gasteiger partial charge >= 0.3 is 5.97 Å². The fourth-order valence-corrected chi connectivity index (χ4v) is 4.46. The quantitative estimate of drug-likeness (QED) is 0.337. The highest BCUT2D eigenvalue weighted by atomic mass is 16.6. The molecule has 0 aliphatic heterocycles. The Balaban J connectivity index is 2.22. The second-order valence-electron chi connectivity index (χ2n) is 6.99. The van der Waals surface area contributed by atoms with Crippen molar-refractivity contribution in [2.45, 2.75) is 46.0 Å². The Morgan fingerprint density at radius 2 is 2.18 bits per heavy atom. The average molecular weight is 309 g/mol. The molecule has 2 rings (SSSR count). The van der Waals surface area contributed by atoms with Gasteiger partial charge in [-0.15, -0.1) is 0 Å². The number of fused-ring (bicyclic) bond motifs is 1. The number of carbonyl (C=O) groups is 1. The zero-order chi connectivity index (χ0) is 16.3. The maximum absolute atomic E-state index is 12.2. The summed E-state index contributed by atoms with van der Waals surface area (Å²) in [6.45, 7) is 4.29. The van der Waals surface area contributed by atoms with E-state index >= 15 is 0 Å². The zero-order valence-corrected chi connectivity index (χ0v) is 13.8. The van der Waals surface area contributed by atoms with E-state index in [-0.39, 0.29) is 35.7 Å². The molecule has 22 heavy (non-hydrogen) atoms. The lowest BCUT2D eigenvalue weighted by Crippen LogP contribution is -2.41. The van der Waals surface area contributed by atoms with Crippen LogP contribution in [0.5, 0.6) is 0 Å². The Hall–Kier alpha value is -1.39. The highest BCUT2D eigenvalue weighted by Gasteiger charge is 2.43. The molecule has 0 N–H and O–H groups in total. The summed E-state index contributed by atoms with van der Waals surface area (Å²) >= 11 is 0. The van der Waals surface area contributed by atoms with E-state index < -0.39 is 0 Å². The minimum absolute atomic E-state index is 0.161. The molecular weight excluding hydrogens is 282 g/mol. The van der Waals surface area contributed by atoms with Crippen molar-refractivity contribution in [3.8, 4) is 0 Å². The molecule has 0 aromatic rings. The van der Waals surface area contributed by atoms with Crippen molar-refractivity contribution in [1.29, 1.82) is 0 Å². The normalized spacial score (nSPS) is 32.6. The molecule has 1 fully saturated rings. The van der Waals surface area contributed by atoms with Crippen LogP contribution >= 0.6 is 0 Å². The van der Waals surface area contributed by atoms with Crippen molar-refractivity contribution in [2.75, 3.05) is 13.7 Å². The van der Waals surface area contributed by atoms with Crippen LogP contribution in [0.1, 0.15) is 46.0 Å². The predicted molar refractivity (Wildman–Crippen MR) is 83.8 cm³/mol. The number of hydrogen-bond acceptors (Lipinski definition) is 4. The second kappa shape index (κ2) is 7.25. The van der Waals surface area contributed by atoms with E-state index in [1.165, 1.54) is 19.1 Å². The van der Waals surface area contributed by atoms with Crippen LogP contribution in [0.2, 0.25) is 0 Å². The third kappa shape index (κ3) is 3.68. The fraction of sp³-hybridized carbons (Fsp3) is 0.824. The van der Waals surface area contributed by atoms with Crippen LogP contribution in [-0.2, 0) is 9.53 Å². The van der Waals surface area contributed by atoms with Gasteiger partial charge in [-0.1, -0.05) is 25.0 Å². The first-order valence-electron chi connectivity index (χ1n) is 8.31. The molecule has 0 spiro atoms. The molecule has 0 aromatic carbocycles. The van der Waals surface area contributed by atoms with Gasteiger partial charge in [-0.2, -0.15) is 0 Å². The first kappa shape index (κ1) is 17.0. The average Bonchev–Trinajstić information content (AvgIpc) is 2.48. The van der Waals surface area contributed by atoms with Crippen molar-refractivity contribution in [3.05, 3.63) is 21.8 Å². The molecule has 0 saturated heterocycles. The molecule has 0 bridgehead atoms. The highest BCUT2D eigenvalue weighted by molar-refractivity contribution is 5.72. The van der Waals surface area contributed by atoms with Crippen LogP contribution in [0, 0.1) is 39.7 Å². The molecular formula is C17H27NO4. The first-order chi connectivity index (χ1) is 10.4. The van der Waals surface area contributed by atoms with Gasteiger partial charge in [-0.3, -0.25) is 14.9 Å². The Labute approximate surface area is 132 Å². The minimum Gasteiger partial charge on any atom is -0.469 e. The van der Waals surface area contributed by atoms with Crippen LogP contribution in [0.15, 0.2) is 11.6 Å². The number of esters is 1. The van der Waals surface area contributed by atoms with Gasteiger partial charge in [0.05, 0.1) is 13.0 Å². The van der Waals surface area contributed by atoms with Crippen LogP contribution in [0.25, 0.3) is 0 Å². The van der Waals surface area contributed by atoms with Crippen LogP contribution < -0.4 is 0 Å². The molecule has 1 unspecified atom stereocenters. The van der Waals surface area contributed by atoms with Gasteiger partial charge in [0.15, 0.2) is 0 Å².